The van der Waals surface area contributed by atoms with E-state index in [1.54, 1.807) is 6.92 Å². The van der Waals surface area contributed by atoms with Crippen LogP contribution in [-0.4, -0.2) is 48.6 Å². The number of nitrogens with one attached hydrogen (secondary N) is 1. The van der Waals surface area contributed by atoms with Crippen LogP contribution >= 0.6 is 0 Å². The summed E-state index contributed by atoms with van der Waals surface area (Å²) in [5, 5.41) is 3.02. The van der Waals surface area contributed by atoms with Crippen LogP contribution in [-0.2, 0) is 14.3 Å². The second-order valence-electron chi connectivity index (χ2n) is 5.49. The molecule has 1 aliphatic carbocycles. The minimum absolute atomic E-state index is 0.00724. The molecule has 5 heteroatoms. The molecule has 2 atom stereocenters. The molecule has 0 spiro atoms. The molecule has 0 radical (unpaired) electrons. The van der Waals surface area contributed by atoms with Gasteiger partial charge in [0.1, 0.15) is 0 Å². The fourth-order valence-corrected chi connectivity index (χ4v) is 3.10. The predicted molar refractivity (Wildman–Crippen MR) is 76.1 cm³/mol. The number of rotatable bonds is 4. The third-order valence-corrected chi connectivity index (χ3v) is 4.00. The Labute approximate surface area is 120 Å². The average Bonchev–Trinajstić information content (AvgIpc) is 2.92. The molecule has 0 saturated carbocycles. The average molecular weight is 280 g/mol. The number of esters is 1. The zero-order valence-electron chi connectivity index (χ0n) is 12.4. The molecule has 1 fully saturated rings. The van der Waals surface area contributed by atoms with E-state index in [2.05, 4.69) is 10.2 Å². The highest BCUT2D eigenvalue weighted by atomic mass is 16.5. The third kappa shape index (κ3) is 3.60. The molecule has 1 N–H and O–H groups in total. The Morgan fingerprint density at radius 1 is 1.40 bits per heavy atom. The van der Waals surface area contributed by atoms with Gasteiger partial charge in [-0.3, -0.25) is 9.69 Å². The second-order valence-corrected chi connectivity index (χ2v) is 5.49. The van der Waals surface area contributed by atoms with Gasteiger partial charge in [-0.05, 0) is 45.7 Å². The second kappa shape index (κ2) is 6.88. The van der Waals surface area contributed by atoms with Gasteiger partial charge in [0.05, 0.1) is 6.61 Å². The standard InChI is InChI=1S/C15H24N2O3/c1-3-20-15(19)12-6-7-13(16-11(2)18)14(10-12)17-8-4-5-9-17/h10,13-14H,3-9H2,1-2H3,(H,16,18)/t13-,14-/m1/s1. The minimum atomic E-state index is -0.210. The van der Waals surface area contributed by atoms with Crippen molar-refractivity contribution in [3.63, 3.8) is 0 Å². The van der Waals surface area contributed by atoms with Crippen molar-refractivity contribution in [3.05, 3.63) is 11.6 Å². The Hall–Kier alpha value is -1.36. The molecule has 1 heterocycles. The summed E-state index contributed by atoms with van der Waals surface area (Å²) in [5.74, 6) is -0.217. The van der Waals surface area contributed by atoms with Crippen molar-refractivity contribution >= 4 is 11.9 Å². The van der Waals surface area contributed by atoms with Crippen molar-refractivity contribution in [2.45, 2.75) is 51.6 Å². The first-order chi connectivity index (χ1) is 9.61. The number of amides is 1. The summed E-state index contributed by atoms with van der Waals surface area (Å²) >= 11 is 0. The number of carbonyl (C=O) groups is 2. The Bertz CT molecular complexity index is 400. The molecule has 112 valence electrons. The molecule has 1 aliphatic heterocycles. The molecule has 0 aromatic rings. The Balaban J connectivity index is 2.13. The molecule has 2 rings (SSSR count). The predicted octanol–water partition coefficient (Wildman–Crippen LogP) is 1.24. The molecular formula is C15H24N2O3. The summed E-state index contributed by atoms with van der Waals surface area (Å²) in [5.41, 5.74) is 0.755. The van der Waals surface area contributed by atoms with Gasteiger partial charge in [0, 0.05) is 24.6 Å². The summed E-state index contributed by atoms with van der Waals surface area (Å²) in [6.45, 7) is 5.84. The number of hydrogen-bond donors (Lipinski definition) is 1. The van der Waals surface area contributed by atoms with E-state index in [9.17, 15) is 9.59 Å². The van der Waals surface area contributed by atoms with Crippen LogP contribution in [0.4, 0.5) is 0 Å². The van der Waals surface area contributed by atoms with E-state index in [0.29, 0.717) is 13.0 Å². The number of hydrogen-bond acceptors (Lipinski definition) is 4. The maximum absolute atomic E-state index is 11.9. The van der Waals surface area contributed by atoms with Gasteiger partial charge in [-0.15, -0.1) is 0 Å². The van der Waals surface area contributed by atoms with Crippen molar-refractivity contribution < 1.29 is 14.3 Å². The van der Waals surface area contributed by atoms with Crippen LogP contribution in [0.3, 0.4) is 0 Å². The lowest BCUT2D eigenvalue weighted by molar-refractivity contribution is -0.138. The lowest BCUT2D eigenvalue weighted by Crippen LogP contribution is -2.51. The first kappa shape index (κ1) is 15.0. The van der Waals surface area contributed by atoms with Crippen LogP contribution in [0.2, 0.25) is 0 Å². The van der Waals surface area contributed by atoms with Crippen molar-refractivity contribution in [2.75, 3.05) is 19.7 Å². The van der Waals surface area contributed by atoms with Crippen LogP contribution < -0.4 is 5.32 Å². The summed E-state index contributed by atoms with van der Waals surface area (Å²) in [6, 6.07) is 0.221. The number of likely N-dealkylation sites (tertiary alicyclic amines) is 1. The molecule has 0 bridgehead atoms. The Kier molecular flexibility index (Phi) is 5.17. The highest BCUT2D eigenvalue weighted by Crippen LogP contribution is 2.26. The fraction of sp³-hybridized carbons (Fsp3) is 0.733. The molecule has 0 aromatic heterocycles. The van der Waals surface area contributed by atoms with Crippen molar-refractivity contribution in [2.24, 2.45) is 0 Å². The fourth-order valence-electron chi connectivity index (χ4n) is 3.10. The maximum atomic E-state index is 11.9. The van der Waals surface area contributed by atoms with E-state index in [0.717, 1.165) is 25.1 Å². The normalized spacial score (nSPS) is 27.0. The first-order valence-corrected chi connectivity index (χ1v) is 7.50. The summed E-state index contributed by atoms with van der Waals surface area (Å²) in [7, 11) is 0. The van der Waals surface area contributed by atoms with E-state index in [1.807, 2.05) is 13.0 Å². The van der Waals surface area contributed by atoms with Gasteiger partial charge < -0.3 is 10.1 Å². The first-order valence-electron chi connectivity index (χ1n) is 7.50. The van der Waals surface area contributed by atoms with E-state index in [4.69, 9.17) is 4.74 Å². The summed E-state index contributed by atoms with van der Waals surface area (Å²) < 4.78 is 5.10. The van der Waals surface area contributed by atoms with Crippen LogP contribution in [0.5, 0.6) is 0 Å². The Morgan fingerprint density at radius 2 is 2.10 bits per heavy atom. The van der Waals surface area contributed by atoms with Gasteiger partial charge in [-0.25, -0.2) is 4.79 Å². The highest BCUT2D eigenvalue weighted by molar-refractivity contribution is 5.88. The largest absolute Gasteiger partial charge is 0.463 e. The van der Waals surface area contributed by atoms with Gasteiger partial charge in [-0.2, -0.15) is 0 Å². The van der Waals surface area contributed by atoms with Gasteiger partial charge >= 0.3 is 5.97 Å². The zero-order valence-corrected chi connectivity index (χ0v) is 12.4. The molecule has 20 heavy (non-hydrogen) atoms. The lowest BCUT2D eigenvalue weighted by Gasteiger charge is -2.36. The van der Waals surface area contributed by atoms with Crippen LogP contribution in [0.25, 0.3) is 0 Å². The van der Waals surface area contributed by atoms with Crippen LogP contribution in [0.1, 0.15) is 39.5 Å². The van der Waals surface area contributed by atoms with Gasteiger partial charge in [0.2, 0.25) is 5.91 Å². The highest BCUT2D eigenvalue weighted by Gasteiger charge is 2.33. The van der Waals surface area contributed by atoms with Crippen LogP contribution in [0, 0.1) is 0 Å². The zero-order chi connectivity index (χ0) is 14.5. The molecular weight excluding hydrogens is 256 g/mol. The van der Waals surface area contributed by atoms with Gasteiger partial charge in [0.15, 0.2) is 0 Å². The van der Waals surface area contributed by atoms with Crippen molar-refractivity contribution in [1.29, 1.82) is 0 Å². The molecule has 1 amide bonds. The molecule has 1 saturated heterocycles. The molecule has 5 nitrogen and oxygen atoms in total. The van der Waals surface area contributed by atoms with E-state index < -0.39 is 0 Å². The quantitative estimate of drug-likeness (QED) is 0.787. The third-order valence-electron chi connectivity index (χ3n) is 4.00. The summed E-state index contributed by atoms with van der Waals surface area (Å²) in [4.78, 5) is 25.6. The van der Waals surface area contributed by atoms with Crippen molar-refractivity contribution in [1.82, 2.24) is 10.2 Å². The van der Waals surface area contributed by atoms with E-state index in [-0.39, 0.29) is 24.0 Å². The monoisotopic (exact) mass is 280 g/mol. The number of nitrogens with zero attached hydrogens (tertiary/aromatic N) is 1. The van der Waals surface area contributed by atoms with Gasteiger partial charge in [-0.1, -0.05) is 6.08 Å². The SMILES string of the molecule is CCOC(=O)C1=C[C@@H](N2CCCC2)[C@H](NC(C)=O)CC1. The number of carbonyl (C=O) groups excluding carboxylic acids is 2. The Morgan fingerprint density at radius 3 is 2.70 bits per heavy atom. The smallest absolute Gasteiger partial charge is 0.333 e. The summed E-state index contributed by atoms with van der Waals surface area (Å²) in [6.07, 6.45) is 5.85. The lowest BCUT2D eigenvalue weighted by atomic mass is 9.90. The topological polar surface area (TPSA) is 58.6 Å². The van der Waals surface area contributed by atoms with E-state index in [1.165, 1.54) is 12.8 Å². The van der Waals surface area contributed by atoms with Crippen LogP contribution in [0.15, 0.2) is 11.6 Å². The minimum Gasteiger partial charge on any atom is -0.463 e. The maximum Gasteiger partial charge on any atom is 0.333 e. The molecule has 2 aliphatic rings. The van der Waals surface area contributed by atoms with E-state index >= 15 is 0 Å². The van der Waals surface area contributed by atoms with Crippen molar-refractivity contribution in [3.8, 4) is 0 Å². The molecule has 0 unspecified atom stereocenters. The number of ether oxygens (including phenoxy) is 1. The molecule has 0 aromatic carbocycles. The van der Waals surface area contributed by atoms with Gasteiger partial charge in [0.25, 0.3) is 0 Å².